The van der Waals surface area contributed by atoms with E-state index in [4.69, 9.17) is 14.5 Å². The van der Waals surface area contributed by atoms with Crippen molar-refractivity contribution in [3.05, 3.63) is 88.1 Å². The lowest BCUT2D eigenvalue weighted by atomic mass is 9.95. The Hall–Kier alpha value is -4.15. The Labute approximate surface area is 242 Å². The normalized spacial score (nSPS) is 13.8. The Morgan fingerprint density at radius 1 is 1.05 bits per heavy atom. The highest BCUT2D eigenvalue weighted by Gasteiger charge is 2.30. The lowest BCUT2D eigenvalue weighted by Gasteiger charge is -2.30. The minimum Gasteiger partial charge on any atom is -0.466 e. The van der Waals surface area contributed by atoms with Gasteiger partial charge in [-0.3, -0.25) is 24.8 Å². The molecule has 2 aromatic heterocycles. The summed E-state index contributed by atoms with van der Waals surface area (Å²) in [6, 6.07) is 17.8. The summed E-state index contributed by atoms with van der Waals surface area (Å²) in [5, 5.41) is 5.45. The molecule has 3 heterocycles. The summed E-state index contributed by atoms with van der Waals surface area (Å²) in [6.07, 6.45) is -0.00684. The minimum absolute atomic E-state index is 0.0217. The number of amides is 1. The van der Waals surface area contributed by atoms with Gasteiger partial charge < -0.3 is 9.47 Å². The Balaban J connectivity index is 1.35. The summed E-state index contributed by atoms with van der Waals surface area (Å²) in [5.41, 5.74) is 4.61. The van der Waals surface area contributed by atoms with Crippen LogP contribution in [0.15, 0.2) is 60.0 Å². The number of carbonyl (C=O) groups excluding carboxylic acids is 3. The second-order valence-corrected chi connectivity index (χ2v) is 10.7. The smallest absolute Gasteiger partial charge is 0.340 e. The number of para-hydroxylation sites is 1. The number of fused-ring (bicyclic) bond motifs is 2. The molecule has 0 fully saturated rings. The first kappa shape index (κ1) is 28.4. The van der Waals surface area contributed by atoms with Crippen LogP contribution in [0.1, 0.15) is 53.1 Å². The number of nitrogens with zero attached hydrogens (tertiary/aromatic N) is 3. The Morgan fingerprint density at radius 3 is 2.61 bits per heavy atom. The molecule has 5 rings (SSSR count). The van der Waals surface area contributed by atoms with Gasteiger partial charge >= 0.3 is 11.9 Å². The maximum absolute atomic E-state index is 13.8. The highest BCUT2D eigenvalue weighted by molar-refractivity contribution is 7.13. The Morgan fingerprint density at radius 2 is 1.83 bits per heavy atom. The lowest BCUT2D eigenvalue weighted by Crippen LogP contribution is -2.34. The van der Waals surface area contributed by atoms with E-state index in [0.717, 1.165) is 29.9 Å². The van der Waals surface area contributed by atoms with Crippen LogP contribution in [0, 0.1) is 0 Å². The molecule has 4 aromatic rings. The molecule has 1 aliphatic rings. The summed E-state index contributed by atoms with van der Waals surface area (Å²) >= 11 is 1.20. The van der Waals surface area contributed by atoms with Gasteiger partial charge in [-0.15, -0.1) is 11.3 Å². The summed E-state index contributed by atoms with van der Waals surface area (Å²) in [4.78, 5) is 50.1. The number of thiazole rings is 1. The summed E-state index contributed by atoms with van der Waals surface area (Å²) in [7, 11) is 0. The van der Waals surface area contributed by atoms with Crippen molar-refractivity contribution in [1.29, 1.82) is 0 Å². The average molecular weight is 573 g/mol. The van der Waals surface area contributed by atoms with Crippen molar-refractivity contribution >= 4 is 45.2 Å². The molecule has 1 aliphatic heterocycles. The third kappa shape index (κ3) is 6.78. The van der Waals surface area contributed by atoms with Crippen LogP contribution < -0.4 is 5.32 Å². The zero-order valence-electron chi connectivity index (χ0n) is 23.1. The molecule has 10 heteroatoms. The van der Waals surface area contributed by atoms with E-state index in [0.29, 0.717) is 34.7 Å². The molecule has 0 aliphatic carbocycles. The molecular weight excluding hydrogens is 540 g/mol. The molecule has 1 unspecified atom stereocenters. The number of aromatic nitrogens is 2. The van der Waals surface area contributed by atoms with Crippen LogP contribution in [0.2, 0.25) is 0 Å². The van der Waals surface area contributed by atoms with E-state index in [2.05, 4.69) is 27.3 Å². The van der Waals surface area contributed by atoms with Crippen LogP contribution >= 0.6 is 11.3 Å². The van der Waals surface area contributed by atoms with E-state index in [1.165, 1.54) is 16.9 Å². The van der Waals surface area contributed by atoms with E-state index in [1.807, 2.05) is 42.5 Å². The molecule has 1 N–H and O–H groups in total. The third-order valence-corrected chi connectivity index (χ3v) is 7.71. The number of benzene rings is 2. The number of anilines is 1. The lowest BCUT2D eigenvalue weighted by molar-refractivity contribution is -0.142. The molecule has 0 spiro atoms. The minimum atomic E-state index is -1.02. The highest BCUT2D eigenvalue weighted by Crippen LogP contribution is 2.30. The van der Waals surface area contributed by atoms with E-state index in [9.17, 15) is 14.4 Å². The van der Waals surface area contributed by atoms with E-state index < -0.39 is 18.0 Å². The van der Waals surface area contributed by atoms with E-state index >= 15 is 0 Å². The number of rotatable bonds is 10. The largest absolute Gasteiger partial charge is 0.466 e. The fourth-order valence-corrected chi connectivity index (χ4v) is 5.67. The number of hydrogen-bond acceptors (Lipinski definition) is 9. The maximum Gasteiger partial charge on any atom is 0.340 e. The zero-order chi connectivity index (χ0) is 28.8. The predicted octanol–water partition coefficient (Wildman–Crippen LogP) is 4.93. The number of pyridine rings is 1. The maximum atomic E-state index is 13.8. The van der Waals surface area contributed by atoms with Gasteiger partial charge in [0.15, 0.2) is 11.2 Å². The van der Waals surface area contributed by atoms with Gasteiger partial charge in [-0.25, -0.2) is 9.78 Å². The Kier molecular flexibility index (Phi) is 9.01. The fourth-order valence-electron chi connectivity index (χ4n) is 4.96. The molecule has 0 radical (unpaired) electrons. The highest BCUT2D eigenvalue weighted by atomic mass is 32.1. The molecule has 41 heavy (non-hydrogen) atoms. The molecule has 2 aromatic carbocycles. The van der Waals surface area contributed by atoms with Crippen molar-refractivity contribution in [3.8, 4) is 0 Å². The van der Waals surface area contributed by atoms with Crippen LogP contribution in [0.3, 0.4) is 0 Å². The summed E-state index contributed by atoms with van der Waals surface area (Å²) < 4.78 is 10.8. The van der Waals surface area contributed by atoms with E-state index in [1.54, 1.807) is 19.2 Å². The molecule has 212 valence electrons. The SMILES string of the molecule is CCOC(=O)Cc1csc(NC(=O)C(CC)OC(=O)c2c3c(nc4ccccc24)CCN(Cc2ccccc2)C3)n1. The molecule has 1 amide bonds. The van der Waals surface area contributed by atoms with Crippen molar-refractivity contribution in [1.82, 2.24) is 14.9 Å². The van der Waals surface area contributed by atoms with Crippen molar-refractivity contribution in [3.63, 3.8) is 0 Å². The molecular formula is C31H32N4O5S. The van der Waals surface area contributed by atoms with Crippen LogP contribution in [0.25, 0.3) is 10.9 Å². The van der Waals surface area contributed by atoms with Crippen LogP contribution in [-0.4, -0.2) is 52.0 Å². The zero-order valence-corrected chi connectivity index (χ0v) is 23.9. The first-order valence-corrected chi connectivity index (χ1v) is 14.6. The number of ether oxygens (including phenoxy) is 2. The topological polar surface area (TPSA) is 111 Å². The van der Waals surface area contributed by atoms with Gasteiger partial charge in [0.1, 0.15) is 0 Å². The molecule has 0 saturated heterocycles. The first-order chi connectivity index (χ1) is 19.9. The van der Waals surface area contributed by atoms with Crippen LogP contribution in [0.5, 0.6) is 0 Å². The molecule has 1 atom stereocenters. The quantitative estimate of drug-likeness (QED) is 0.267. The number of esters is 2. The van der Waals surface area contributed by atoms with Gasteiger partial charge in [0.2, 0.25) is 0 Å². The average Bonchev–Trinajstić information content (AvgIpc) is 3.41. The van der Waals surface area contributed by atoms with Crippen molar-refractivity contribution in [2.75, 3.05) is 18.5 Å². The second-order valence-electron chi connectivity index (χ2n) is 9.79. The third-order valence-electron chi connectivity index (χ3n) is 6.90. The van der Waals surface area contributed by atoms with Gasteiger partial charge in [0.05, 0.1) is 29.8 Å². The fraction of sp³-hybridized carbons (Fsp3) is 0.323. The number of carbonyl (C=O) groups is 3. The summed E-state index contributed by atoms with van der Waals surface area (Å²) in [6.45, 7) is 5.95. The van der Waals surface area contributed by atoms with Crippen LogP contribution in [-0.2, 0) is 45.0 Å². The van der Waals surface area contributed by atoms with Gasteiger partial charge in [-0.2, -0.15) is 0 Å². The van der Waals surface area contributed by atoms with Gasteiger partial charge in [0, 0.05) is 48.1 Å². The van der Waals surface area contributed by atoms with Gasteiger partial charge in [0.25, 0.3) is 5.91 Å². The Bertz CT molecular complexity index is 1550. The molecule has 0 bridgehead atoms. The number of hydrogen-bond donors (Lipinski definition) is 1. The standard InChI is InChI=1S/C31H32N4O5S/c1-3-26(29(37)34-31-32-21(19-41-31)16-27(36)39-4-2)40-30(38)28-22-12-8-9-13-24(22)33-25-14-15-35(18-23(25)28)17-20-10-6-5-7-11-20/h5-13,19,26H,3-4,14-18H2,1-2H3,(H,32,34,37). The first-order valence-electron chi connectivity index (χ1n) is 13.7. The van der Waals surface area contributed by atoms with Crippen LogP contribution in [0.4, 0.5) is 5.13 Å². The van der Waals surface area contributed by atoms with E-state index in [-0.39, 0.29) is 25.4 Å². The van der Waals surface area contributed by atoms with Crippen molar-refractivity contribution < 1.29 is 23.9 Å². The van der Waals surface area contributed by atoms with Crippen molar-refractivity contribution in [2.45, 2.75) is 52.3 Å². The van der Waals surface area contributed by atoms with Crippen molar-refractivity contribution in [2.24, 2.45) is 0 Å². The molecule has 9 nitrogen and oxygen atoms in total. The number of nitrogens with one attached hydrogen (secondary N) is 1. The van der Waals surface area contributed by atoms with Gasteiger partial charge in [-0.1, -0.05) is 55.5 Å². The second kappa shape index (κ2) is 13.0. The summed E-state index contributed by atoms with van der Waals surface area (Å²) in [5.74, 6) is -1.41. The monoisotopic (exact) mass is 572 g/mol. The molecule has 0 saturated carbocycles. The van der Waals surface area contributed by atoms with Gasteiger partial charge in [-0.05, 0) is 25.0 Å². The predicted molar refractivity (Wildman–Crippen MR) is 157 cm³/mol.